The molecule has 2 heterocycles. The lowest BCUT2D eigenvalue weighted by Gasteiger charge is -2.12. The van der Waals surface area contributed by atoms with Crippen LogP contribution in [-0.4, -0.2) is 62.6 Å². The van der Waals surface area contributed by atoms with Crippen LogP contribution in [0.3, 0.4) is 0 Å². The molecule has 0 aliphatic carbocycles. The van der Waals surface area contributed by atoms with Gasteiger partial charge in [0, 0.05) is 28.8 Å². The first kappa shape index (κ1) is 45.4. The molecule has 0 aliphatic rings. The second-order valence-electron chi connectivity index (χ2n) is 12.6. The van der Waals surface area contributed by atoms with Crippen molar-refractivity contribution in [2.45, 2.75) is 26.3 Å². The van der Waals surface area contributed by atoms with Crippen molar-refractivity contribution in [3.63, 3.8) is 0 Å². The fourth-order valence-electron chi connectivity index (χ4n) is 4.96. The SMILES string of the molecule is CC#Cc1ccc(Oc2ccc(-c3nc(O[C@@H](C)C(N)=O)cc(C(N)=O)n3)cc2)cc1.NC(=O)COc1cc(C(N)=O)nc(-c2ccc(Oc3ccc(OC(F)(F)F)cc3)cc2)n1. The number of primary amides is 4. The highest BCUT2D eigenvalue weighted by molar-refractivity contribution is 5.92. The summed E-state index contributed by atoms with van der Waals surface area (Å²) in [6.07, 6.45) is -5.72. The summed E-state index contributed by atoms with van der Waals surface area (Å²) < 4.78 is 62.4. The third-order valence-corrected chi connectivity index (χ3v) is 7.85. The molecule has 17 nitrogen and oxygen atoms in total. The standard InChI is InChI=1S/C23H20N4O4.C20H15F3N4O5/c1-3-4-15-5-9-17(10-6-15)31-18-11-7-16(8-12-18)23-26-19(22(25)29)13-20(27-23)30-14(2)21(24)28;21-20(22,23)32-14-7-5-13(6-8-14)31-12-3-1-11(2-4-12)19-26-15(18(25)29)9-17(27-19)30-10-16(24)28/h5-14H,1-2H3,(H2,24,28)(H2,25,29);1-9H,10H2,(H2,24,28)(H2,25,29)/t14-;/m0./s1. The molecule has 0 saturated carbocycles. The lowest BCUT2D eigenvalue weighted by Crippen LogP contribution is -2.31. The Morgan fingerprint density at radius 3 is 1.44 bits per heavy atom. The molecule has 0 aliphatic heterocycles. The van der Waals surface area contributed by atoms with Crippen molar-refractivity contribution in [1.29, 1.82) is 0 Å². The fraction of sp³-hybridized carbons (Fsp3) is 0.116. The van der Waals surface area contributed by atoms with E-state index in [2.05, 4.69) is 36.5 Å². The van der Waals surface area contributed by atoms with Crippen LogP contribution in [-0.2, 0) is 9.59 Å². The number of alkyl halides is 3. The zero-order chi connectivity index (χ0) is 45.7. The van der Waals surface area contributed by atoms with E-state index < -0.39 is 42.7 Å². The summed E-state index contributed by atoms with van der Waals surface area (Å²) in [6, 6.07) is 27.9. The number of halogens is 3. The zero-order valence-electron chi connectivity index (χ0n) is 33.1. The van der Waals surface area contributed by atoms with Gasteiger partial charge in [-0.2, -0.15) is 9.97 Å². The molecule has 0 saturated heterocycles. The quantitative estimate of drug-likeness (QED) is 0.0936. The number of nitrogens with two attached hydrogens (primary N) is 4. The van der Waals surface area contributed by atoms with Gasteiger partial charge >= 0.3 is 6.36 Å². The number of carbonyl (C=O) groups is 4. The number of amides is 4. The topological polar surface area (TPSA) is 270 Å². The lowest BCUT2D eigenvalue weighted by molar-refractivity contribution is -0.274. The molecule has 0 fully saturated rings. The van der Waals surface area contributed by atoms with Crippen LogP contribution >= 0.6 is 0 Å². The van der Waals surface area contributed by atoms with Crippen molar-refractivity contribution < 1.29 is 56.0 Å². The highest BCUT2D eigenvalue weighted by atomic mass is 19.4. The summed E-state index contributed by atoms with van der Waals surface area (Å²) in [7, 11) is 0. The Hall–Kier alpha value is -8.73. The van der Waals surface area contributed by atoms with E-state index >= 15 is 0 Å². The minimum atomic E-state index is -4.78. The van der Waals surface area contributed by atoms with Crippen molar-refractivity contribution >= 4 is 23.6 Å². The van der Waals surface area contributed by atoms with Crippen molar-refractivity contribution in [3.8, 4) is 75.1 Å². The number of hydrogen-bond donors (Lipinski definition) is 4. The molecule has 6 aromatic rings. The molecule has 2 aromatic heterocycles. The maximum absolute atomic E-state index is 12.2. The first-order valence-electron chi connectivity index (χ1n) is 18.1. The van der Waals surface area contributed by atoms with Gasteiger partial charge in [0.1, 0.15) is 40.1 Å². The van der Waals surface area contributed by atoms with E-state index in [9.17, 15) is 32.3 Å². The second-order valence-corrected chi connectivity index (χ2v) is 12.6. The summed E-state index contributed by atoms with van der Waals surface area (Å²) in [5, 5.41) is 0. The van der Waals surface area contributed by atoms with E-state index in [4.69, 9.17) is 41.9 Å². The number of carbonyl (C=O) groups excluding carboxylic acids is 4. The molecule has 6 rings (SSSR count). The summed E-state index contributed by atoms with van der Waals surface area (Å²) in [6.45, 7) is 2.80. The molecule has 0 spiro atoms. The van der Waals surface area contributed by atoms with Crippen LogP contribution < -0.4 is 46.6 Å². The van der Waals surface area contributed by atoms with Gasteiger partial charge in [0.05, 0.1) is 0 Å². The fourth-order valence-corrected chi connectivity index (χ4v) is 4.96. The third kappa shape index (κ3) is 13.9. The number of rotatable bonds is 15. The van der Waals surface area contributed by atoms with Crippen LogP contribution in [0.4, 0.5) is 13.2 Å². The number of aromatic nitrogens is 4. The van der Waals surface area contributed by atoms with E-state index in [1.165, 1.54) is 31.2 Å². The Morgan fingerprint density at radius 2 is 1.03 bits per heavy atom. The van der Waals surface area contributed by atoms with E-state index in [0.29, 0.717) is 28.4 Å². The largest absolute Gasteiger partial charge is 0.573 e. The second kappa shape index (κ2) is 20.5. The van der Waals surface area contributed by atoms with Gasteiger partial charge in [0.15, 0.2) is 24.4 Å². The predicted molar refractivity (Wildman–Crippen MR) is 218 cm³/mol. The maximum Gasteiger partial charge on any atom is 0.573 e. The minimum Gasteiger partial charge on any atom is -0.467 e. The highest BCUT2D eigenvalue weighted by Gasteiger charge is 2.31. The summed E-state index contributed by atoms with van der Waals surface area (Å²) in [4.78, 5) is 61.9. The lowest BCUT2D eigenvalue weighted by atomic mass is 10.2. The van der Waals surface area contributed by atoms with Crippen molar-refractivity contribution in [2.24, 2.45) is 22.9 Å². The van der Waals surface area contributed by atoms with E-state index in [-0.39, 0.29) is 46.3 Å². The average molecular weight is 865 g/mol. The number of benzene rings is 4. The average Bonchev–Trinajstić information content (AvgIpc) is 3.24. The Bertz CT molecular complexity index is 2650. The Balaban J connectivity index is 0.000000238. The van der Waals surface area contributed by atoms with Gasteiger partial charge in [-0.3, -0.25) is 19.2 Å². The van der Waals surface area contributed by atoms with Crippen molar-refractivity contribution in [2.75, 3.05) is 6.61 Å². The molecule has 0 bridgehead atoms. The van der Waals surface area contributed by atoms with Crippen LogP contribution in [0.5, 0.6) is 40.5 Å². The molecule has 4 aromatic carbocycles. The highest BCUT2D eigenvalue weighted by Crippen LogP contribution is 2.30. The number of nitrogens with zero attached hydrogens (tertiary/aromatic N) is 4. The molecule has 63 heavy (non-hydrogen) atoms. The summed E-state index contributed by atoms with van der Waals surface area (Å²) >= 11 is 0. The molecule has 322 valence electrons. The Labute approximate surface area is 356 Å². The van der Waals surface area contributed by atoms with Crippen LogP contribution in [0.2, 0.25) is 0 Å². The first-order chi connectivity index (χ1) is 29.9. The predicted octanol–water partition coefficient (Wildman–Crippen LogP) is 5.46. The summed E-state index contributed by atoms with van der Waals surface area (Å²) in [5.41, 5.74) is 22.7. The molecule has 4 amide bonds. The molecule has 0 unspecified atom stereocenters. The number of ether oxygens (including phenoxy) is 5. The smallest absolute Gasteiger partial charge is 0.467 e. The van der Waals surface area contributed by atoms with Gasteiger partial charge in [0.25, 0.3) is 23.6 Å². The molecule has 0 radical (unpaired) electrons. The Kier molecular flexibility index (Phi) is 14.8. The zero-order valence-corrected chi connectivity index (χ0v) is 33.1. The molecular formula is C43H35F3N8O9. The van der Waals surface area contributed by atoms with E-state index in [1.807, 2.05) is 24.3 Å². The van der Waals surface area contributed by atoms with Crippen LogP contribution in [0.25, 0.3) is 22.8 Å². The van der Waals surface area contributed by atoms with Crippen LogP contribution in [0.1, 0.15) is 40.4 Å². The first-order valence-corrected chi connectivity index (χ1v) is 18.1. The van der Waals surface area contributed by atoms with Crippen LogP contribution in [0.15, 0.2) is 109 Å². The Morgan fingerprint density at radius 1 is 0.619 bits per heavy atom. The van der Waals surface area contributed by atoms with Gasteiger partial charge in [-0.15, -0.1) is 19.1 Å². The van der Waals surface area contributed by atoms with Crippen LogP contribution in [0, 0.1) is 11.8 Å². The number of hydrogen-bond acceptors (Lipinski definition) is 13. The van der Waals surface area contributed by atoms with Gasteiger partial charge < -0.3 is 46.6 Å². The third-order valence-electron chi connectivity index (χ3n) is 7.85. The minimum absolute atomic E-state index is 0.0145. The molecule has 20 heteroatoms. The van der Waals surface area contributed by atoms with Crippen molar-refractivity contribution in [1.82, 2.24) is 19.9 Å². The van der Waals surface area contributed by atoms with E-state index in [1.54, 1.807) is 55.5 Å². The maximum atomic E-state index is 12.2. The van der Waals surface area contributed by atoms with Gasteiger partial charge in [0.2, 0.25) is 11.8 Å². The van der Waals surface area contributed by atoms with Crippen molar-refractivity contribution in [3.05, 3.63) is 126 Å². The van der Waals surface area contributed by atoms with E-state index in [0.717, 1.165) is 17.7 Å². The van der Waals surface area contributed by atoms with Gasteiger partial charge in [-0.25, -0.2) is 9.97 Å². The molecular weight excluding hydrogens is 830 g/mol. The van der Waals surface area contributed by atoms with Gasteiger partial charge in [-0.05, 0) is 111 Å². The molecule has 8 N–H and O–H groups in total. The van der Waals surface area contributed by atoms with Gasteiger partial charge in [-0.1, -0.05) is 5.92 Å². The monoisotopic (exact) mass is 864 g/mol. The normalized spacial score (nSPS) is 11.0. The molecule has 1 atom stereocenters. The summed E-state index contributed by atoms with van der Waals surface area (Å²) in [5.74, 6) is 4.63.